The molecule has 4 aromatic rings. The molecule has 3 nitrogen and oxygen atoms in total. The van der Waals surface area contributed by atoms with Crippen molar-refractivity contribution in [3.8, 4) is 0 Å². The largest absolute Gasteiger partial charge is 0.377 e. The van der Waals surface area contributed by atoms with E-state index < -0.39 is 14.5 Å². The van der Waals surface area contributed by atoms with Gasteiger partial charge >= 0.3 is 0 Å². The zero-order valence-corrected chi connectivity index (χ0v) is 25.1. The minimum Gasteiger partial charge on any atom is -0.377 e. The van der Waals surface area contributed by atoms with Crippen molar-refractivity contribution >= 4 is 35.7 Å². The molecule has 0 unspecified atom stereocenters. The Labute approximate surface area is 236 Å². The average Bonchev–Trinajstić information content (AvgIpc) is 3.01. The SMILES string of the molecule is C[P+](CCOCCOCCOCC[P+](C)(c1ccccc1)c1ccccc1)(c1ccccc1)c1ccccc1. The summed E-state index contributed by atoms with van der Waals surface area (Å²) >= 11 is 0. The lowest BCUT2D eigenvalue weighted by atomic mass is 10.4. The molecule has 39 heavy (non-hydrogen) atoms. The Kier molecular flexibility index (Phi) is 11.7. The van der Waals surface area contributed by atoms with E-state index in [0.717, 1.165) is 25.5 Å². The first-order valence-electron chi connectivity index (χ1n) is 13.8. The van der Waals surface area contributed by atoms with Crippen molar-refractivity contribution in [3.63, 3.8) is 0 Å². The maximum Gasteiger partial charge on any atom is 0.0989 e. The second-order valence-corrected chi connectivity index (χ2v) is 17.7. The summed E-state index contributed by atoms with van der Waals surface area (Å²) in [6.45, 7) is 8.69. The van der Waals surface area contributed by atoms with Crippen molar-refractivity contribution in [2.75, 3.05) is 65.3 Å². The summed E-state index contributed by atoms with van der Waals surface area (Å²) in [6, 6.07) is 43.5. The molecular formula is C34H42O3P2+2. The number of ether oxygens (including phenoxy) is 3. The first kappa shape index (κ1) is 29.6. The predicted octanol–water partition coefficient (Wildman–Crippen LogP) is 5.63. The summed E-state index contributed by atoms with van der Waals surface area (Å²) in [6.07, 6.45) is 2.05. The van der Waals surface area contributed by atoms with Crippen LogP contribution in [0.4, 0.5) is 0 Å². The van der Waals surface area contributed by atoms with Crippen molar-refractivity contribution in [2.24, 2.45) is 0 Å². The highest BCUT2D eigenvalue weighted by Gasteiger charge is 2.37. The summed E-state index contributed by atoms with van der Waals surface area (Å²) in [5, 5.41) is 5.69. The predicted molar refractivity (Wildman–Crippen MR) is 172 cm³/mol. The molecule has 0 aliphatic heterocycles. The van der Waals surface area contributed by atoms with Gasteiger partial charge in [-0.2, -0.15) is 0 Å². The number of hydrogen-bond donors (Lipinski definition) is 0. The van der Waals surface area contributed by atoms with E-state index in [4.69, 9.17) is 14.2 Å². The van der Waals surface area contributed by atoms with Gasteiger partial charge in [0.05, 0.1) is 101 Å². The van der Waals surface area contributed by atoms with Gasteiger partial charge in [-0.05, 0) is 48.5 Å². The first-order valence-corrected chi connectivity index (χ1v) is 18.6. The quantitative estimate of drug-likeness (QED) is 0.131. The zero-order chi connectivity index (χ0) is 27.2. The molecule has 4 aromatic carbocycles. The van der Waals surface area contributed by atoms with Crippen LogP contribution < -0.4 is 21.2 Å². The lowest BCUT2D eigenvalue weighted by molar-refractivity contribution is 0.0203. The summed E-state index contributed by atoms with van der Waals surface area (Å²) in [7, 11) is -2.98. The van der Waals surface area contributed by atoms with Crippen LogP contribution in [0.3, 0.4) is 0 Å². The molecule has 0 N–H and O–H groups in total. The summed E-state index contributed by atoms with van der Waals surface area (Å²) in [5.41, 5.74) is 0. The van der Waals surface area contributed by atoms with Crippen LogP contribution in [0.2, 0.25) is 0 Å². The highest BCUT2D eigenvalue weighted by atomic mass is 31.2. The van der Waals surface area contributed by atoms with Crippen molar-refractivity contribution < 1.29 is 14.2 Å². The molecule has 0 heterocycles. The van der Waals surface area contributed by atoms with Crippen LogP contribution in [0.5, 0.6) is 0 Å². The van der Waals surface area contributed by atoms with Crippen LogP contribution in [0, 0.1) is 0 Å². The maximum absolute atomic E-state index is 6.01. The first-order chi connectivity index (χ1) is 19.1. The minimum absolute atomic E-state index is 0.591. The fraction of sp³-hybridized carbons (Fsp3) is 0.294. The van der Waals surface area contributed by atoms with E-state index >= 15 is 0 Å². The number of rotatable bonds is 16. The van der Waals surface area contributed by atoms with E-state index in [-0.39, 0.29) is 0 Å². The Morgan fingerprint density at radius 2 is 0.590 bits per heavy atom. The van der Waals surface area contributed by atoms with Gasteiger partial charge in [-0.1, -0.05) is 72.8 Å². The molecule has 0 spiro atoms. The molecule has 0 aromatic heterocycles. The second kappa shape index (κ2) is 15.4. The number of hydrogen-bond acceptors (Lipinski definition) is 3. The van der Waals surface area contributed by atoms with Gasteiger partial charge in [0.2, 0.25) is 0 Å². The third-order valence-electron chi connectivity index (χ3n) is 7.41. The van der Waals surface area contributed by atoms with Gasteiger partial charge in [0.15, 0.2) is 0 Å². The lowest BCUT2D eigenvalue weighted by Crippen LogP contribution is -2.26. The molecule has 0 saturated carbocycles. The molecular weight excluding hydrogens is 518 g/mol. The van der Waals surface area contributed by atoms with Crippen LogP contribution in [-0.2, 0) is 14.2 Å². The van der Waals surface area contributed by atoms with Gasteiger partial charge in [-0.3, -0.25) is 0 Å². The van der Waals surface area contributed by atoms with Gasteiger partial charge in [0.25, 0.3) is 0 Å². The fourth-order valence-electron chi connectivity index (χ4n) is 4.88. The minimum atomic E-state index is -1.49. The Hall–Kier alpha value is -2.38. The second-order valence-electron chi connectivity index (χ2n) is 10.0. The van der Waals surface area contributed by atoms with E-state index in [1.807, 2.05) is 0 Å². The molecule has 0 amide bonds. The van der Waals surface area contributed by atoms with Crippen molar-refractivity contribution in [3.05, 3.63) is 121 Å². The van der Waals surface area contributed by atoms with E-state index in [1.54, 1.807) is 0 Å². The monoisotopic (exact) mass is 560 g/mol. The van der Waals surface area contributed by atoms with E-state index in [1.165, 1.54) is 21.2 Å². The number of benzene rings is 4. The normalized spacial score (nSPS) is 11.9. The third kappa shape index (κ3) is 8.31. The van der Waals surface area contributed by atoms with E-state index in [2.05, 4.69) is 135 Å². The molecule has 0 aliphatic rings. The molecule has 4 rings (SSSR count). The van der Waals surface area contributed by atoms with Crippen LogP contribution in [0.1, 0.15) is 0 Å². The molecule has 0 fully saturated rings. The van der Waals surface area contributed by atoms with E-state index in [9.17, 15) is 0 Å². The molecule has 0 aliphatic carbocycles. The van der Waals surface area contributed by atoms with Gasteiger partial charge < -0.3 is 14.2 Å². The van der Waals surface area contributed by atoms with E-state index in [0.29, 0.717) is 26.4 Å². The summed E-state index contributed by atoms with van der Waals surface area (Å²) < 4.78 is 17.8. The molecule has 204 valence electrons. The smallest absolute Gasteiger partial charge is 0.0989 e. The summed E-state index contributed by atoms with van der Waals surface area (Å²) in [4.78, 5) is 0. The van der Waals surface area contributed by atoms with Crippen LogP contribution >= 0.6 is 14.5 Å². The van der Waals surface area contributed by atoms with Crippen LogP contribution in [0.25, 0.3) is 0 Å². The molecule has 0 atom stereocenters. The third-order valence-corrected chi connectivity index (χ3v) is 15.3. The summed E-state index contributed by atoms with van der Waals surface area (Å²) in [5.74, 6) is 0. The van der Waals surface area contributed by atoms with Gasteiger partial charge in [0.1, 0.15) is 0 Å². The molecule has 0 bridgehead atoms. The van der Waals surface area contributed by atoms with Crippen molar-refractivity contribution in [1.29, 1.82) is 0 Å². The Balaban J connectivity index is 1.14. The Morgan fingerprint density at radius 1 is 0.359 bits per heavy atom. The van der Waals surface area contributed by atoms with Gasteiger partial charge in [0, 0.05) is 0 Å². The fourth-order valence-corrected chi connectivity index (χ4v) is 10.8. The van der Waals surface area contributed by atoms with Crippen LogP contribution in [0.15, 0.2) is 121 Å². The topological polar surface area (TPSA) is 27.7 Å². The average molecular weight is 561 g/mol. The highest BCUT2D eigenvalue weighted by molar-refractivity contribution is 7.89. The molecule has 5 heteroatoms. The van der Waals surface area contributed by atoms with Crippen molar-refractivity contribution in [2.45, 2.75) is 0 Å². The maximum atomic E-state index is 6.01. The van der Waals surface area contributed by atoms with Gasteiger partial charge in [-0.15, -0.1) is 0 Å². The van der Waals surface area contributed by atoms with Crippen molar-refractivity contribution in [1.82, 2.24) is 0 Å². The standard InChI is InChI=1S/C34H42O3P2/c1-38(31-15-7-3-8-16-31,32-17-9-4-10-18-32)29-27-36-25-23-35-24-26-37-28-30-39(2,33-19-11-5-12-20-33)34-21-13-6-14-22-34/h3-22H,23-30H2,1-2H3/q+2. The molecule has 0 radical (unpaired) electrons. The highest BCUT2D eigenvalue weighted by Crippen LogP contribution is 2.53. The zero-order valence-electron chi connectivity index (χ0n) is 23.3. The van der Waals surface area contributed by atoms with Crippen LogP contribution in [-0.4, -0.2) is 65.3 Å². The Bertz CT molecular complexity index is 1030. The molecule has 0 saturated heterocycles. The Morgan fingerprint density at radius 3 is 0.846 bits per heavy atom. The van der Waals surface area contributed by atoms with Gasteiger partial charge in [-0.25, -0.2) is 0 Å². The lowest BCUT2D eigenvalue weighted by Gasteiger charge is -2.23.